The van der Waals surface area contributed by atoms with Crippen molar-refractivity contribution in [1.82, 2.24) is 0 Å². The normalized spacial score (nSPS) is 11.1. The van der Waals surface area contributed by atoms with Crippen LogP contribution in [0.25, 0.3) is 0 Å². The molecule has 0 saturated carbocycles. The van der Waals surface area contributed by atoms with Crippen LogP contribution in [0.15, 0.2) is 53.4 Å². The molecule has 0 aliphatic rings. The Labute approximate surface area is 152 Å². The number of carbonyl (C=O) groups excluding carboxylic acids is 1. The largest absolute Gasteiger partial charge is 0.481 e. The van der Waals surface area contributed by atoms with Gasteiger partial charge in [-0.2, -0.15) is 0 Å². The lowest BCUT2D eigenvalue weighted by Gasteiger charge is -2.07. The third kappa shape index (κ3) is 5.70. The van der Waals surface area contributed by atoms with Crippen molar-refractivity contribution in [2.24, 2.45) is 0 Å². The van der Waals surface area contributed by atoms with Crippen LogP contribution in [-0.2, 0) is 32.3 Å². The summed E-state index contributed by atoms with van der Waals surface area (Å²) in [7, 11) is -3.21. The van der Waals surface area contributed by atoms with Crippen LogP contribution in [0.3, 0.4) is 0 Å². The van der Waals surface area contributed by atoms with Crippen molar-refractivity contribution in [1.29, 1.82) is 0 Å². The smallest absolute Gasteiger partial charge is 0.307 e. The molecule has 2 rings (SSSR count). The van der Waals surface area contributed by atoms with Gasteiger partial charge in [-0.3, -0.25) is 9.59 Å². The van der Waals surface area contributed by atoms with Crippen LogP contribution < -0.4 is 5.32 Å². The zero-order chi connectivity index (χ0) is 19.2. The zero-order valence-corrected chi connectivity index (χ0v) is 15.3. The molecular weight excluding hydrogens is 354 g/mol. The molecule has 2 aromatic carbocycles. The number of aryl methyl sites for hydroxylation is 1. The van der Waals surface area contributed by atoms with Gasteiger partial charge in [0.25, 0.3) is 0 Å². The van der Waals surface area contributed by atoms with Gasteiger partial charge in [0.15, 0.2) is 9.84 Å². The summed E-state index contributed by atoms with van der Waals surface area (Å²) in [6, 6.07) is 13.2. The average molecular weight is 375 g/mol. The number of benzene rings is 2. The van der Waals surface area contributed by atoms with Crippen LogP contribution >= 0.6 is 0 Å². The Morgan fingerprint density at radius 2 is 1.54 bits per heavy atom. The lowest BCUT2D eigenvalue weighted by molar-refractivity contribution is -0.136. The van der Waals surface area contributed by atoms with Crippen LogP contribution in [0.5, 0.6) is 0 Å². The molecule has 0 aromatic heterocycles. The molecule has 2 aromatic rings. The first-order valence-electron chi connectivity index (χ1n) is 8.22. The van der Waals surface area contributed by atoms with E-state index in [1.165, 1.54) is 0 Å². The molecule has 138 valence electrons. The number of hydrogen-bond acceptors (Lipinski definition) is 4. The number of carboxylic acids is 1. The van der Waals surface area contributed by atoms with Crippen LogP contribution in [0.1, 0.15) is 24.5 Å². The maximum Gasteiger partial charge on any atom is 0.307 e. The Morgan fingerprint density at radius 1 is 0.962 bits per heavy atom. The van der Waals surface area contributed by atoms with E-state index in [-0.39, 0.29) is 29.4 Å². The predicted octanol–water partition coefficient (Wildman–Crippen LogP) is 2.68. The lowest BCUT2D eigenvalue weighted by Crippen LogP contribution is -2.12. The summed E-state index contributed by atoms with van der Waals surface area (Å²) >= 11 is 0. The minimum atomic E-state index is -3.21. The van der Waals surface area contributed by atoms with Crippen LogP contribution in [0.4, 0.5) is 5.69 Å². The predicted molar refractivity (Wildman–Crippen MR) is 98.9 cm³/mol. The van der Waals surface area contributed by atoms with Crippen molar-refractivity contribution >= 4 is 27.4 Å². The number of aliphatic carboxylic acids is 1. The average Bonchev–Trinajstić information content (AvgIpc) is 2.61. The molecule has 0 atom stereocenters. The summed E-state index contributed by atoms with van der Waals surface area (Å²) in [5, 5.41) is 11.5. The number of anilines is 1. The molecule has 26 heavy (non-hydrogen) atoms. The molecule has 0 fully saturated rings. The van der Waals surface area contributed by atoms with Crippen LogP contribution in [0, 0.1) is 0 Å². The minimum Gasteiger partial charge on any atom is -0.481 e. The fourth-order valence-corrected chi connectivity index (χ4v) is 3.28. The van der Waals surface area contributed by atoms with E-state index in [1.807, 2.05) is 0 Å². The Morgan fingerprint density at radius 3 is 2.08 bits per heavy atom. The third-order valence-electron chi connectivity index (χ3n) is 3.90. The monoisotopic (exact) mass is 375 g/mol. The third-order valence-corrected chi connectivity index (χ3v) is 5.65. The molecule has 1 amide bonds. The standard InChI is InChI=1S/C19H21NO5S/c1-2-26(24,25)17-10-5-14(6-11-17)7-12-18(21)20-16-8-3-15(4-9-16)13-19(22)23/h3-6,8-11H,2,7,12-13H2,1H3,(H,20,21)(H,22,23). The highest BCUT2D eigenvalue weighted by atomic mass is 32.2. The number of nitrogens with one attached hydrogen (secondary N) is 1. The van der Waals surface area contributed by atoms with E-state index in [9.17, 15) is 18.0 Å². The first kappa shape index (κ1) is 19.7. The lowest BCUT2D eigenvalue weighted by atomic mass is 10.1. The van der Waals surface area contributed by atoms with Gasteiger partial charge in [-0.05, 0) is 41.8 Å². The molecule has 0 spiro atoms. The number of sulfone groups is 1. The quantitative estimate of drug-likeness (QED) is 0.739. The van der Waals surface area contributed by atoms with Crippen molar-refractivity contribution in [3.8, 4) is 0 Å². The summed E-state index contributed by atoms with van der Waals surface area (Å²) in [6.45, 7) is 1.60. The Bertz CT molecular complexity index is 871. The number of hydrogen-bond donors (Lipinski definition) is 2. The SMILES string of the molecule is CCS(=O)(=O)c1ccc(CCC(=O)Nc2ccc(CC(=O)O)cc2)cc1. The zero-order valence-electron chi connectivity index (χ0n) is 14.4. The van der Waals surface area contributed by atoms with Gasteiger partial charge in [0.05, 0.1) is 17.1 Å². The van der Waals surface area contributed by atoms with Crippen molar-refractivity contribution in [2.45, 2.75) is 31.1 Å². The maximum atomic E-state index is 12.0. The molecule has 0 unspecified atom stereocenters. The van der Waals surface area contributed by atoms with Gasteiger partial charge in [0, 0.05) is 12.1 Å². The van der Waals surface area contributed by atoms with Crippen molar-refractivity contribution in [2.75, 3.05) is 11.1 Å². The molecule has 7 heteroatoms. The molecule has 0 heterocycles. The van der Waals surface area contributed by atoms with Crippen molar-refractivity contribution in [3.05, 3.63) is 59.7 Å². The van der Waals surface area contributed by atoms with Crippen LogP contribution in [-0.4, -0.2) is 31.2 Å². The summed E-state index contributed by atoms with van der Waals surface area (Å²) < 4.78 is 23.5. The van der Waals surface area contributed by atoms with Gasteiger partial charge in [0.1, 0.15) is 0 Å². The fourth-order valence-electron chi connectivity index (χ4n) is 2.39. The van der Waals surface area contributed by atoms with E-state index >= 15 is 0 Å². The highest BCUT2D eigenvalue weighted by molar-refractivity contribution is 7.91. The van der Waals surface area contributed by atoms with Gasteiger partial charge in [0.2, 0.25) is 5.91 Å². The first-order valence-corrected chi connectivity index (χ1v) is 9.87. The summed E-state index contributed by atoms with van der Waals surface area (Å²) in [6.07, 6.45) is 0.699. The number of rotatable bonds is 8. The molecule has 0 saturated heterocycles. The van der Waals surface area contributed by atoms with Crippen molar-refractivity contribution in [3.63, 3.8) is 0 Å². The van der Waals surface area contributed by atoms with E-state index in [0.717, 1.165) is 5.56 Å². The van der Waals surface area contributed by atoms with E-state index in [2.05, 4.69) is 5.32 Å². The number of carboxylic acid groups (broad SMARTS) is 1. The molecule has 0 aliphatic heterocycles. The molecule has 0 aliphatic carbocycles. The van der Waals surface area contributed by atoms with E-state index in [1.54, 1.807) is 55.5 Å². The second kappa shape index (κ2) is 8.62. The van der Waals surface area contributed by atoms with E-state index in [0.29, 0.717) is 17.7 Å². The Hall–Kier alpha value is -2.67. The van der Waals surface area contributed by atoms with Crippen molar-refractivity contribution < 1.29 is 23.1 Å². The van der Waals surface area contributed by atoms with E-state index < -0.39 is 15.8 Å². The molecule has 0 radical (unpaired) electrons. The van der Waals surface area contributed by atoms with Gasteiger partial charge < -0.3 is 10.4 Å². The second-order valence-electron chi connectivity index (χ2n) is 5.86. The van der Waals surface area contributed by atoms with E-state index in [4.69, 9.17) is 5.11 Å². The highest BCUT2D eigenvalue weighted by Gasteiger charge is 2.11. The van der Waals surface area contributed by atoms with Gasteiger partial charge in [-0.15, -0.1) is 0 Å². The second-order valence-corrected chi connectivity index (χ2v) is 8.14. The molecule has 6 nitrogen and oxygen atoms in total. The van der Waals surface area contributed by atoms with Gasteiger partial charge in [-0.1, -0.05) is 31.2 Å². The maximum absolute atomic E-state index is 12.0. The number of carbonyl (C=O) groups is 2. The molecular formula is C19H21NO5S. The Kier molecular flexibility index (Phi) is 6.52. The molecule has 2 N–H and O–H groups in total. The highest BCUT2D eigenvalue weighted by Crippen LogP contribution is 2.14. The molecule has 0 bridgehead atoms. The summed E-state index contributed by atoms with van der Waals surface area (Å²) in [5.74, 6) is -1.01. The van der Waals surface area contributed by atoms with Gasteiger partial charge in [-0.25, -0.2) is 8.42 Å². The summed E-state index contributed by atoms with van der Waals surface area (Å²) in [4.78, 5) is 22.9. The Balaban J connectivity index is 1.87. The number of amides is 1. The minimum absolute atomic E-state index is 0.0556. The van der Waals surface area contributed by atoms with Crippen LogP contribution in [0.2, 0.25) is 0 Å². The summed E-state index contributed by atoms with van der Waals surface area (Å²) in [5.41, 5.74) is 2.15. The topological polar surface area (TPSA) is 101 Å². The van der Waals surface area contributed by atoms with Gasteiger partial charge >= 0.3 is 5.97 Å². The first-order chi connectivity index (χ1) is 12.3. The fraction of sp³-hybridized carbons (Fsp3) is 0.263.